The van der Waals surface area contributed by atoms with Crippen molar-refractivity contribution >= 4 is 23.2 Å². The molecule has 2 aliphatic rings. The van der Waals surface area contributed by atoms with Gasteiger partial charge in [0.2, 0.25) is 11.8 Å². The molecule has 0 saturated heterocycles. The van der Waals surface area contributed by atoms with Crippen molar-refractivity contribution in [2.75, 3.05) is 10.6 Å². The van der Waals surface area contributed by atoms with E-state index in [0.29, 0.717) is 0 Å². The second-order valence-corrected chi connectivity index (χ2v) is 6.84. The van der Waals surface area contributed by atoms with Gasteiger partial charge < -0.3 is 10.6 Å². The summed E-state index contributed by atoms with van der Waals surface area (Å²) in [7, 11) is 0. The minimum atomic E-state index is -0.124. The third-order valence-electron chi connectivity index (χ3n) is 4.84. The van der Waals surface area contributed by atoms with E-state index in [2.05, 4.69) is 10.6 Å². The average molecular weight is 300 g/mol. The Morgan fingerprint density at radius 2 is 1.95 bits per heavy atom. The van der Waals surface area contributed by atoms with Crippen LogP contribution in [0, 0.1) is 11.8 Å². The van der Waals surface area contributed by atoms with Crippen molar-refractivity contribution in [3.05, 3.63) is 23.8 Å². The molecule has 1 aliphatic heterocycles. The second kappa shape index (κ2) is 6.11. The van der Waals surface area contributed by atoms with Gasteiger partial charge in [0.15, 0.2) is 0 Å². The molecule has 118 valence electrons. The third kappa shape index (κ3) is 2.87. The molecule has 1 fully saturated rings. The predicted octanol–water partition coefficient (Wildman–Crippen LogP) is 3.90. The first-order valence-electron chi connectivity index (χ1n) is 8.32. The van der Waals surface area contributed by atoms with Crippen molar-refractivity contribution in [2.45, 2.75) is 51.9 Å². The number of nitrogens with one attached hydrogen (secondary N) is 2. The van der Waals surface area contributed by atoms with E-state index in [9.17, 15) is 9.59 Å². The number of carbonyl (C=O) groups excluding carboxylic acids is 2. The van der Waals surface area contributed by atoms with Crippen LogP contribution in [0.4, 0.5) is 11.4 Å². The van der Waals surface area contributed by atoms with E-state index in [-0.39, 0.29) is 29.6 Å². The summed E-state index contributed by atoms with van der Waals surface area (Å²) >= 11 is 0. The first-order valence-corrected chi connectivity index (χ1v) is 8.32. The van der Waals surface area contributed by atoms with Gasteiger partial charge in [-0.25, -0.2) is 0 Å². The zero-order valence-electron chi connectivity index (χ0n) is 13.3. The van der Waals surface area contributed by atoms with Gasteiger partial charge in [-0.2, -0.15) is 0 Å². The predicted molar refractivity (Wildman–Crippen MR) is 87.9 cm³/mol. The summed E-state index contributed by atoms with van der Waals surface area (Å²) < 4.78 is 0. The number of hydrogen-bond acceptors (Lipinski definition) is 2. The number of hydrogen-bond donors (Lipinski definition) is 2. The number of benzene rings is 1. The van der Waals surface area contributed by atoms with E-state index in [4.69, 9.17) is 0 Å². The monoisotopic (exact) mass is 300 g/mol. The van der Waals surface area contributed by atoms with Crippen LogP contribution >= 0.6 is 0 Å². The third-order valence-corrected chi connectivity index (χ3v) is 4.84. The first kappa shape index (κ1) is 15.1. The molecule has 1 aromatic carbocycles. The smallest absolute Gasteiger partial charge is 0.232 e. The highest BCUT2D eigenvalue weighted by Crippen LogP contribution is 2.38. The van der Waals surface area contributed by atoms with Crippen LogP contribution < -0.4 is 10.6 Å². The maximum Gasteiger partial charge on any atom is 0.232 e. The summed E-state index contributed by atoms with van der Waals surface area (Å²) in [6.07, 6.45) is 5.52. The lowest BCUT2D eigenvalue weighted by Crippen LogP contribution is -2.24. The van der Waals surface area contributed by atoms with E-state index in [1.54, 1.807) is 0 Å². The molecule has 2 amide bonds. The van der Waals surface area contributed by atoms with Gasteiger partial charge in [-0.3, -0.25) is 9.59 Å². The van der Waals surface area contributed by atoms with Crippen LogP contribution in [0.5, 0.6) is 0 Å². The van der Waals surface area contributed by atoms with Crippen LogP contribution in [0.2, 0.25) is 0 Å². The summed E-state index contributed by atoms with van der Waals surface area (Å²) in [5, 5.41) is 5.96. The maximum absolute atomic E-state index is 12.4. The zero-order chi connectivity index (χ0) is 15.7. The summed E-state index contributed by atoms with van der Waals surface area (Å²) in [6.45, 7) is 4.10. The van der Waals surface area contributed by atoms with Crippen LogP contribution in [0.15, 0.2) is 18.2 Å². The summed E-state index contributed by atoms with van der Waals surface area (Å²) in [5.74, 6) is 0.438. The number of anilines is 2. The molecule has 4 heteroatoms. The fourth-order valence-electron chi connectivity index (χ4n) is 3.63. The van der Waals surface area contributed by atoms with E-state index in [1.807, 2.05) is 32.0 Å². The van der Waals surface area contributed by atoms with E-state index in [1.165, 1.54) is 6.42 Å². The zero-order valence-corrected chi connectivity index (χ0v) is 13.3. The van der Waals surface area contributed by atoms with Gasteiger partial charge in [-0.15, -0.1) is 0 Å². The molecule has 1 unspecified atom stereocenters. The van der Waals surface area contributed by atoms with Crippen molar-refractivity contribution in [3.63, 3.8) is 0 Å². The molecule has 22 heavy (non-hydrogen) atoms. The molecule has 1 aliphatic carbocycles. The highest BCUT2D eigenvalue weighted by Gasteiger charge is 2.33. The highest BCUT2D eigenvalue weighted by atomic mass is 16.2. The van der Waals surface area contributed by atoms with Gasteiger partial charge in [0.25, 0.3) is 0 Å². The van der Waals surface area contributed by atoms with Crippen molar-refractivity contribution in [3.8, 4) is 0 Å². The molecule has 0 aromatic heterocycles. The molecule has 4 nitrogen and oxygen atoms in total. The largest absolute Gasteiger partial charge is 0.326 e. The molecule has 1 saturated carbocycles. The van der Waals surface area contributed by atoms with Crippen molar-refractivity contribution in [1.29, 1.82) is 0 Å². The van der Waals surface area contributed by atoms with E-state index < -0.39 is 0 Å². The Labute approximate surface area is 131 Å². The van der Waals surface area contributed by atoms with E-state index in [0.717, 1.165) is 42.6 Å². The Morgan fingerprint density at radius 3 is 2.64 bits per heavy atom. The fourth-order valence-corrected chi connectivity index (χ4v) is 3.63. The highest BCUT2D eigenvalue weighted by molar-refractivity contribution is 6.04. The number of amides is 2. The topological polar surface area (TPSA) is 58.2 Å². The Bertz CT molecular complexity index is 589. The van der Waals surface area contributed by atoms with Crippen LogP contribution in [0.1, 0.15) is 57.4 Å². The minimum Gasteiger partial charge on any atom is -0.326 e. The summed E-state index contributed by atoms with van der Waals surface area (Å²) in [6, 6.07) is 5.73. The molecule has 2 N–H and O–H groups in total. The normalized spacial score (nSPS) is 21.6. The van der Waals surface area contributed by atoms with Crippen LogP contribution in [-0.4, -0.2) is 11.8 Å². The van der Waals surface area contributed by atoms with Gasteiger partial charge in [-0.1, -0.05) is 33.1 Å². The summed E-state index contributed by atoms with van der Waals surface area (Å²) in [5.41, 5.74) is 2.68. The number of rotatable bonds is 3. The summed E-state index contributed by atoms with van der Waals surface area (Å²) in [4.78, 5) is 24.4. The van der Waals surface area contributed by atoms with E-state index >= 15 is 0 Å². The Kier molecular flexibility index (Phi) is 4.19. The van der Waals surface area contributed by atoms with Gasteiger partial charge >= 0.3 is 0 Å². The molecular formula is C18H24N2O2. The number of fused-ring (bicyclic) bond motifs is 1. The van der Waals surface area contributed by atoms with Crippen LogP contribution in [0.25, 0.3) is 0 Å². The Morgan fingerprint density at radius 1 is 1.23 bits per heavy atom. The molecule has 0 bridgehead atoms. The molecule has 0 spiro atoms. The minimum absolute atomic E-state index is 0.0563. The average Bonchev–Trinajstić information content (AvgIpc) is 2.83. The Hall–Kier alpha value is -1.84. The lowest BCUT2D eigenvalue weighted by atomic mass is 9.88. The molecule has 1 atom stereocenters. The van der Waals surface area contributed by atoms with Gasteiger partial charge in [0.1, 0.15) is 0 Å². The SMILES string of the molecule is CC(C)C1C(=O)Nc2ccc(NC(=O)C3CCCCC3)cc21. The van der Waals surface area contributed by atoms with Crippen molar-refractivity contribution in [1.82, 2.24) is 0 Å². The van der Waals surface area contributed by atoms with Crippen LogP contribution in [-0.2, 0) is 9.59 Å². The quantitative estimate of drug-likeness (QED) is 0.889. The standard InChI is InChI=1S/C18H24N2O2/c1-11(2)16-14-10-13(8-9-15(14)20-18(16)22)19-17(21)12-6-4-3-5-7-12/h8-12,16H,3-7H2,1-2H3,(H,19,21)(H,20,22). The van der Waals surface area contributed by atoms with Gasteiger partial charge in [-0.05, 0) is 42.5 Å². The first-order chi connectivity index (χ1) is 10.6. The molecule has 3 rings (SSSR count). The molecular weight excluding hydrogens is 276 g/mol. The maximum atomic E-state index is 12.4. The fraction of sp³-hybridized carbons (Fsp3) is 0.556. The second-order valence-electron chi connectivity index (χ2n) is 6.84. The van der Waals surface area contributed by atoms with Gasteiger partial charge in [0, 0.05) is 17.3 Å². The van der Waals surface area contributed by atoms with Crippen molar-refractivity contribution < 1.29 is 9.59 Å². The van der Waals surface area contributed by atoms with Gasteiger partial charge in [0.05, 0.1) is 5.92 Å². The molecule has 1 aromatic rings. The molecule has 0 radical (unpaired) electrons. The lowest BCUT2D eigenvalue weighted by molar-refractivity contribution is -0.120. The Balaban J connectivity index is 1.76. The van der Waals surface area contributed by atoms with Crippen molar-refractivity contribution in [2.24, 2.45) is 11.8 Å². The number of carbonyl (C=O) groups is 2. The van der Waals surface area contributed by atoms with Crippen LogP contribution in [0.3, 0.4) is 0 Å². The lowest BCUT2D eigenvalue weighted by Gasteiger charge is -2.21. The molecule has 1 heterocycles.